The molecule has 1 aliphatic heterocycles. The molecule has 1 aromatic heterocycles. The lowest BCUT2D eigenvalue weighted by Crippen LogP contribution is -2.45. The summed E-state index contributed by atoms with van der Waals surface area (Å²) in [5, 5.41) is 7.73. The molecule has 0 saturated carbocycles. The Morgan fingerprint density at radius 1 is 1.17 bits per heavy atom. The number of piperidine rings is 1. The molecule has 1 aromatic carbocycles. The Kier molecular flexibility index (Phi) is 5.83. The highest BCUT2D eigenvalue weighted by Gasteiger charge is 2.30. The maximum Gasteiger partial charge on any atom is 0.260 e. The number of hydrogen-bond acceptors (Lipinski definition) is 4. The van der Waals surface area contributed by atoms with Gasteiger partial charge >= 0.3 is 0 Å². The molecule has 2 aliphatic rings. The normalized spacial score (nSPS) is 19.5. The number of nitrogens with one attached hydrogen (secondary N) is 1. The van der Waals surface area contributed by atoms with Crippen LogP contribution in [0.3, 0.4) is 0 Å². The number of fused-ring (bicyclic) bond motifs is 1. The van der Waals surface area contributed by atoms with Crippen LogP contribution in [0, 0.1) is 5.92 Å². The van der Waals surface area contributed by atoms with Crippen LogP contribution in [0.25, 0.3) is 0 Å². The van der Waals surface area contributed by atoms with Gasteiger partial charge in [-0.3, -0.25) is 14.3 Å². The van der Waals surface area contributed by atoms with E-state index >= 15 is 0 Å². The van der Waals surface area contributed by atoms with E-state index < -0.39 is 0 Å². The van der Waals surface area contributed by atoms with Crippen LogP contribution in [0.15, 0.2) is 36.5 Å². The average Bonchev–Trinajstić information content (AvgIpc) is 3.14. The number of carbonyl (C=O) groups is 2. The second kappa shape index (κ2) is 8.68. The zero-order valence-electron chi connectivity index (χ0n) is 16.8. The Labute approximate surface area is 171 Å². The van der Waals surface area contributed by atoms with Crippen molar-refractivity contribution in [1.82, 2.24) is 20.0 Å². The summed E-state index contributed by atoms with van der Waals surface area (Å²) in [4.78, 5) is 27.0. The van der Waals surface area contributed by atoms with Crippen molar-refractivity contribution in [3.05, 3.63) is 47.8 Å². The molecule has 7 heteroatoms. The van der Waals surface area contributed by atoms with E-state index in [4.69, 9.17) is 4.74 Å². The van der Waals surface area contributed by atoms with Crippen molar-refractivity contribution >= 4 is 11.8 Å². The molecule has 0 bridgehead atoms. The highest BCUT2D eigenvalue weighted by molar-refractivity contribution is 5.81. The topological polar surface area (TPSA) is 76.5 Å². The molecule has 154 valence electrons. The number of nitrogens with zero attached hydrogens (tertiary/aromatic N) is 3. The molecule has 2 aromatic rings. The van der Waals surface area contributed by atoms with Gasteiger partial charge in [0.1, 0.15) is 5.75 Å². The molecule has 7 nitrogen and oxygen atoms in total. The van der Waals surface area contributed by atoms with Gasteiger partial charge in [0.25, 0.3) is 5.91 Å². The van der Waals surface area contributed by atoms with Crippen LogP contribution in [0.1, 0.15) is 43.0 Å². The molecule has 1 unspecified atom stereocenters. The van der Waals surface area contributed by atoms with Crippen molar-refractivity contribution in [3.8, 4) is 5.75 Å². The third-order valence-corrected chi connectivity index (χ3v) is 5.86. The van der Waals surface area contributed by atoms with Crippen molar-refractivity contribution in [3.63, 3.8) is 0 Å². The van der Waals surface area contributed by atoms with E-state index in [-0.39, 0.29) is 30.4 Å². The Morgan fingerprint density at radius 3 is 2.69 bits per heavy atom. The SMILES string of the molecule is Cn1cc2c(n1)CCCC2NC(=O)C1CCN(C(=O)COc2ccccc2)CC1. The minimum Gasteiger partial charge on any atom is -0.484 e. The number of rotatable bonds is 5. The maximum absolute atomic E-state index is 12.8. The largest absolute Gasteiger partial charge is 0.484 e. The number of amides is 2. The van der Waals surface area contributed by atoms with E-state index in [1.165, 1.54) is 0 Å². The molecule has 0 spiro atoms. The van der Waals surface area contributed by atoms with Gasteiger partial charge in [0, 0.05) is 37.8 Å². The van der Waals surface area contributed by atoms with E-state index in [0.717, 1.165) is 30.5 Å². The molecule has 2 amide bonds. The molecule has 2 heterocycles. The highest BCUT2D eigenvalue weighted by atomic mass is 16.5. The lowest BCUT2D eigenvalue weighted by atomic mass is 9.91. The van der Waals surface area contributed by atoms with Crippen LogP contribution in [-0.2, 0) is 23.1 Å². The van der Waals surface area contributed by atoms with Crippen LogP contribution in [0.4, 0.5) is 0 Å². The van der Waals surface area contributed by atoms with Gasteiger partial charge in [0.15, 0.2) is 6.61 Å². The molecule has 4 rings (SSSR count). The fourth-order valence-corrected chi connectivity index (χ4v) is 4.25. The standard InChI is InChI=1S/C22H28N4O3/c1-25-14-18-19(8-5-9-20(18)24-25)23-22(28)16-10-12-26(13-11-16)21(27)15-29-17-6-3-2-4-7-17/h2-4,6-7,14,16,19H,5,8-13,15H2,1H3,(H,23,28). The van der Waals surface area contributed by atoms with E-state index in [1.54, 1.807) is 4.90 Å². The average molecular weight is 396 g/mol. The van der Waals surface area contributed by atoms with Crippen molar-refractivity contribution < 1.29 is 14.3 Å². The summed E-state index contributed by atoms with van der Waals surface area (Å²) in [5.41, 5.74) is 2.25. The second-order valence-corrected chi connectivity index (χ2v) is 7.91. The molecule has 0 radical (unpaired) electrons. The Morgan fingerprint density at radius 2 is 1.93 bits per heavy atom. The van der Waals surface area contributed by atoms with Crippen LogP contribution in [0.5, 0.6) is 5.75 Å². The Bertz CT molecular complexity index is 856. The summed E-state index contributed by atoms with van der Waals surface area (Å²) in [7, 11) is 1.92. The second-order valence-electron chi connectivity index (χ2n) is 7.91. The molecular formula is C22H28N4O3. The number of aromatic nitrogens is 2. The van der Waals surface area contributed by atoms with E-state index in [0.29, 0.717) is 31.7 Å². The van der Waals surface area contributed by atoms with Gasteiger partial charge < -0.3 is 15.0 Å². The smallest absolute Gasteiger partial charge is 0.260 e. The minimum atomic E-state index is -0.0452. The number of hydrogen-bond donors (Lipinski definition) is 1. The predicted octanol–water partition coefficient (Wildman–Crippen LogP) is 2.23. The Balaban J connectivity index is 1.25. The first kappa shape index (κ1) is 19.5. The molecule has 1 atom stereocenters. The molecule has 1 aliphatic carbocycles. The quantitative estimate of drug-likeness (QED) is 0.841. The molecule has 1 N–H and O–H groups in total. The fourth-order valence-electron chi connectivity index (χ4n) is 4.25. The number of likely N-dealkylation sites (tertiary alicyclic amines) is 1. The van der Waals surface area contributed by atoms with Gasteiger partial charge in [-0.25, -0.2) is 0 Å². The van der Waals surface area contributed by atoms with Crippen LogP contribution < -0.4 is 10.1 Å². The summed E-state index contributed by atoms with van der Waals surface area (Å²) in [6.45, 7) is 1.22. The number of para-hydroxylation sites is 1. The predicted molar refractivity (Wildman–Crippen MR) is 108 cm³/mol. The maximum atomic E-state index is 12.8. The number of aryl methyl sites for hydroxylation is 2. The highest BCUT2D eigenvalue weighted by Crippen LogP contribution is 2.29. The van der Waals surface area contributed by atoms with E-state index in [2.05, 4.69) is 10.4 Å². The van der Waals surface area contributed by atoms with Crippen LogP contribution in [-0.4, -0.2) is 46.2 Å². The van der Waals surface area contributed by atoms with Gasteiger partial charge in [0.2, 0.25) is 5.91 Å². The van der Waals surface area contributed by atoms with Gasteiger partial charge in [-0.2, -0.15) is 5.10 Å². The lowest BCUT2D eigenvalue weighted by Gasteiger charge is -2.32. The third kappa shape index (κ3) is 4.60. The van der Waals surface area contributed by atoms with Crippen molar-refractivity contribution in [2.45, 2.75) is 38.1 Å². The minimum absolute atomic E-state index is 0.0278. The summed E-state index contributed by atoms with van der Waals surface area (Å²) in [6, 6.07) is 9.40. The van der Waals surface area contributed by atoms with Gasteiger partial charge in [0.05, 0.1) is 11.7 Å². The fraction of sp³-hybridized carbons (Fsp3) is 0.500. The number of ether oxygens (including phenoxy) is 1. The van der Waals surface area contributed by atoms with Crippen LogP contribution in [0.2, 0.25) is 0 Å². The van der Waals surface area contributed by atoms with Crippen LogP contribution >= 0.6 is 0 Å². The molecule has 1 fully saturated rings. The lowest BCUT2D eigenvalue weighted by molar-refractivity contribution is -0.137. The molecular weight excluding hydrogens is 368 g/mol. The van der Waals surface area contributed by atoms with Gasteiger partial charge in [-0.15, -0.1) is 0 Å². The van der Waals surface area contributed by atoms with E-state index in [1.807, 2.05) is 48.3 Å². The molecule has 1 saturated heterocycles. The van der Waals surface area contributed by atoms with Crippen molar-refractivity contribution in [2.75, 3.05) is 19.7 Å². The van der Waals surface area contributed by atoms with Crippen molar-refractivity contribution in [1.29, 1.82) is 0 Å². The van der Waals surface area contributed by atoms with Gasteiger partial charge in [-0.05, 0) is 44.2 Å². The first-order valence-electron chi connectivity index (χ1n) is 10.4. The van der Waals surface area contributed by atoms with E-state index in [9.17, 15) is 9.59 Å². The summed E-state index contributed by atoms with van der Waals surface area (Å²) < 4.78 is 7.38. The Hall–Kier alpha value is -2.83. The zero-order chi connectivity index (χ0) is 20.2. The summed E-state index contributed by atoms with van der Waals surface area (Å²) >= 11 is 0. The third-order valence-electron chi connectivity index (χ3n) is 5.86. The monoisotopic (exact) mass is 396 g/mol. The molecule has 29 heavy (non-hydrogen) atoms. The number of benzene rings is 1. The summed E-state index contributed by atoms with van der Waals surface area (Å²) in [5.74, 6) is 0.716. The first-order chi connectivity index (χ1) is 14.1. The van der Waals surface area contributed by atoms with Gasteiger partial charge in [-0.1, -0.05) is 18.2 Å². The summed E-state index contributed by atoms with van der Waals surface area (Å²) in [6.07, 6.45) is 6.38. The first-order valence-corrected chi connectivity index (χ1v) is 10.4. The number of carbonyl (C=O) groups excluding carboxylic acids is 2. The van der Waals surface area contributed by atoms with Crippen molar-refractivity contribution in [2.24, 2.45) is 13.0 Å². The zero-order valence-corrected chi connectivity index (χ0v) is 16.8.